The Balaban J connectivity index is 2.96. The highest BCUT2D eigenvalue weighted by molar-refractivity contribution is 5.90. The number of aryl methyl sites for hydroxylation is 1. The molecule has 98 valence electrons. The van der Waals surface area contributed by atoms with Crippen LogP contribution in [0.3, 0.4) is 0 Å². The Morgan fingerprint density at radius 2 is 2.00 bits per heavy atom. The van der Waals surface area contributed by atoms with Crippen LogP contribution in [-0.4, -0.2) is 25.5 Å². The summed E-state index contributed by atoms with van der Waals surface area (Å²) in [7, 11) is 0. The molecule has 0 amide bonds. The van der Waals surface area contributed by atoms with Crippen molar-refractivity contribution < 1.29 is 19.1 Å². The lowest BCUT2D eigenvalue weighted by Crippen LogP contribution is -2.06. The van der Waals surface area contributed by atoms with Gasteiger partial charge in [0.25, 0.3) is 0 Å². The minimum atomic E-state index is -0.369. The monoisotopic (exact) mass is 250 g/mol. The fourth-order valence-electron chi connectivity index (χ4n) is 1.61. The molecule has 0 aliphatic carbocycles. The van der Waals surface area contributed by atoms with Gasteiger partial charge in [0.15, 0.2) is 0 Å². The molecule has 0 spiro atoms. The van der Waals surface area contributed by atoms with Crippen molar-refractivity contribution in [2.75, 3.05) is 13.2 Å². The summed E-state index contributed by atoms with van der Waals surface area (Å²) >= 11 is 0. The Morgan fingerprint density at radius 1 is 1.22 bits per heavy atom. The predicted molar refractivity (Wildman–Crippen MR) is 68.0 cm³/mol. The van der Waals surface area contributed by atoms with E-state index in [9.17, 15) is 9.59 Å². The first kappa shape index (κ1) is 14.2. The fourth-order valence-corrected chi connectivity index (χ4v) is 1.61. The average molecular weight is 250 g/mol. The Morgan fingerprint density at radius 3 is 2.61 bits per heavy atom. The fraction of sp³-hybridized carbons (Fsp3) is 0.429. The molecule has 1 aromatic rings. The maximum Gasteiger partial charge on any atom is 0.338 e. The van der Waals surface area contributed by atoms with Gasteiger partial charge < -0.3 is 14.3 Å². The van der Waals surface area contributed by atoms with E-state index in [2.05, 4.69) is 0 Å². The predicted octanol–water partition coefficient (Wildman–Crippen LogP) is 2.39. The van der Waals surface area contributed by atoms with Crippen molar-refractivity contribution in [2.24, 2.45) is 0 Å². The summed E-state index contributed by atoms with van der Waals surface area (Å²) in [5.74, 6) is 0.260. The van der Waals surface area contributed by atoms with E-state index in [1.165, 1.54) is 0 Å². The number of hydrogen-bond acceptors (Lipinski definition) is 4. The second-order valence-corrected chi connectivity index (χ2v) is 3.72. The molecule has 1 rings (SSSR count). The summed E-state index contributed by atoms with van der Waals surface area (Å²) in [5.41, 5.74) is 1.36. The molecule has 0 saturated carbocycles. The molecule has 0 aliphatic heterocycles. The number of rotatable bonds is 7. The van der Waals surface area contributed by atoms with Crippen molar-refractivity contribution >= 4 is 12.3 Å². The molecule has 0 N–H and O–H groups in total. The van der Waals surface area contributed by atoms with E-state index < -0.39 is 0 Å². The molecule has 18 heavy (non-hydrogen) atoms. The summed E-state index contributed by atoms with van der Waals surface area (Å²) in [4.78, 5) is 22.1. The Hall–Kier alpha value is -1.84. The topological polar surface area (TPSA) is 52.6 Å². The molecule has 0 unspecified atom stereocenters. The van der Waals surface area contributed by atoms with Crippen LogP contribution in [0.15, 0.2) is 18.2 Å². The number of benzene rings is 1. The second kappa shape index (κ2) is 7.48. The summed E-state index contributed by atoms with van der Waals surface area (Å²) < 4.78 is 10.4. The van der Waals surface area contributed by atoms with E-state index in [-0.39, 0.29) is 5.97 Å². The largest absolute Gasteiger partial charge is 0.494 e. The van der Waals surface area contributed by atoms with E-state index in [1.807, 2.05) is 13.0 Å². The van der Waals surface area contributed by atoms with Crippen LogP contribution in [-0.2, 0) is 16.0 Å². The van der Waals surface area contributed by atoms with Gasteiger partial charge >= 0.3 is 5.97 Å². The van der Waals surface area contributed by atoms with Crippen LogP contribution in [0.25, 0.3) is 0 Å². The lowest BCUT2D eigenvalue weighted by molar-refractivity contribution is -0.107. The van der Waals surface area contributed by atoms with E-state index in [0.29, 0.717) is 37.4 Å². The molecule has 0 bridgehead atoms. The van der Waals surface area contributed by atoms with Crippen LogP contribution in [0.4, 0.5) is 0 Å². The zero-order chi connectivity index (χ0) is 13.4. The third-order valence-electron chi connectivity index (χ3n) is 2.34. The van der Waals surface area contributed by atoms with Crippen molar-refractivity contribution in [3.8, 4) is 5.75 Å². The quantitative estimate of drug-likeness (QED) is 0.550. The van der Waals surface area contributed by atoms with E-state index >= 15 is 0 Å². The van der Waals surface area contributed by atoms with Crippen LogP contribution in [0.1, 0.15) is 36.2 Å². The molecule has 0 saturated heterocycles. The van der Waals surface area contributed by atoms with Crippen LogP contribution in [0.5, 0.6) is 5.75 Å². The molecule has 4 heteroatoms. The van der Waals surface area contributed by atoms with Crippen molar-refractivity contribution in [3.63, 3.8) is 0 Å². The summed E-state index contributed by atoms with van der Waals surface area (Å²) in [6.45, 7) is 4.50. The lowest BCUT2D eigenvalue weighted by Gasteiger charge is -2.09. The van der Waals surface area contributed by atoms with Gasteiger partial charge in [0.05, 0.1) is 18.8 Å². The number of esters is 1. The van der Waals surface area contributed by atoms with Gasteiger partial charge in [-0.2, -0.15) is 0 Å². The molecule has 0 fully saturated rings. The van der Waals surface area contributed by atoms with Gasteiger partial charge in [0, 0.05) is 6.42 Å². The lowest BCUT2D eigenvalue weighted by atomic mass is 10.1. The maximum atomic E-state index is 11.7. The maximum absolute atomic E-state index is 11.7. The minimum absolute atomic E-state index is 0.335. The first-order valence-electron chi connectivity index (χ1n) is 6.08. The van der Waals surface area contributed by atoms with Crippen molar-refractivity contribution in [1.29, 1.82) is 0 Å². The zero-order valence-electron chi connectivity index (χ0n) is 10.8. The van der Waals surface area contributed by atoms with Crippen LogP contribution >= 0.6 is 0 Å². The normalized spacial score (nSPS) is 9.89. The molecule has 4 nitrogen and oxygen atoms in total. The Kier molecular flexibility index (Phi) is 5.91. The van der Waals surface area contributed by atoms with Gasteiger partial charge in [-0.05, 0) is 44.0 Å². The molecule has 0 aromatic heterocycles. The molecule has 0 atom stereocenters. The number of hydrogen-bond donors (Lipinski definition) is 0. The summed E-state index contributed by atoms with van der Waals surface area (Å²) in [6.07, 6.45) is 1.88. The number of ether oxygens (including phenoxy) is 2. The van der Waals surface area contributed by atoms with Gasteiger partial charge in [0.1, 0.15) is 12.0 Å². The number of carbonyl (C=O) groups is 2. The first-order chi connectivity index (χ1) is 8.71. The number of aldehydes is 1. The van der Waals surface area contributed by atoms with Gasteiger partial charge in [-0.15, -0.1) is 0 Å². The highest BCUT2D eigenvalue weighted by Gasteiger charge is 2.10. The third-order valence-corrected chi connectivity index (χ3v) is 2.34. The molecule has 0 heterocycles. The average Bonchev–Trinajstić information content (AvgIpc) is 2.37. The van der Waals surface area contributed by atoms with Gasteiger partial charge in [-0.25, -0.2) is 4.79 Å². The highest BCUT2D eigenvalue weighted by atomic mass is 16.5. The van der Waals surface area contributed by atoms with E-state index in [4.69, 9.17) is 9.47 Å². The Labute approximate surface area is 107 Å². The van der Waals surface area contributed by atoms with Crippen molar-refractivity contribution in [1.82, 2.24) is 0 Å². The molecule has 0 aliphatic rings. The van der Waals surface area contributed by atoms with Gasteiger partial charge in [-0.1, -0.05) is 0 Å². The summed E-state index contributed by atoms with van der Waals surface area (Å²) in [6, 6.07) is 5.24. The molecular formula is C14H18O4. The van der Waals surface area contributed by atoms with E-state index in [1.54, 1.807) is 19.1 Å². The van der Waals surface area contributed by atoms with Crippen LogP contribution < -0.4 is 4.74 Å². The highest BCUT2D eigenvalue weighted by Crippen LogP contribution is 2.19. The standard InChI is InChI=1S/C14H18O4/c1-3-17-13-9-11(6-5-7-15)8-12(10-13)14(16)18-4-2/h7-10H,3-6H2,1-2H3. The smallest absolute Gasteiger partial charge is 0.338 e. The van der Waals surface area contributed by atoms with Crippen LogP contribution in [0.2, 0.25) is 0 Å². The Bertz CT molecular complexity index is 412. The second-order valence-electron chi connectivity index (χ2n) is 3.72. The number of carbonyl (C=O) groups excluding carboxylic acids is 2. The van der Waals surface area contributed by atoms with E-state index in [0.717, 1.165) is 11.8 Å². The SMILES string of the molecule is CCOC(=O)c1cc(CCC=O)cc(OCC)c1. The van der Waals surface area contributed by atoms with Crippen molar-refractivity contribution in [3.05, 3.63) is 29.3 Å². The zero-order valence-corrected chi connectivity index (χ0v) is 10.8. The molecule has 1 aromatic carbocycles. The third kappa shape index (κ3) is 4.20. The van der Waals surface area contributed by atoms with Crippen molar-refractivity contribution in [2.45, 2.75) is 26.7 Å². The van der Waals surface area contributed by atoms with Gasteiger partial charge in [-0.3, -0.25) is 0 Å². The molecule has 0 radical (unpaired) electrons. The van der Waals surface area contributed by atoms with Gasteiger partial charge in [0.2, 0.25) is 0 Å². The molecular weight excluding hydrogens is 232 g/mol. The first-order valence-corrected chi connectivity index (χ1v) is 6.08. The minimum Gasteiger partial charge on any atom is -0.494 e. The van der Waals surface area contributed by atoms with Crippen LogP contribution in [0, 0.1) is 0 Å². The summed E-state index contributed by atoms with van der Waals surface area (Å²) in [5, 5.41) is 0.